The van der Waals surface area contributed by atoms with Gasteiger partial charge >= 0.3 is 0 Å². The fourth-order valence-electron chi connectivity index (χ4n) is 3.96. The molecular formula is C17H30N2O. The van der Waals surface area contributed by atoms with Gasteiger partial charge in [-0.3, -0.25) is 4.90 Å². The second-order valence-corrected chi connectivity index (χ2v) is 7.87. The van der Waals surface area contributed by atoms with Gasteiger partial charge in [0.05, 0.1) is 17.6 Å². The Morgan fingerprint density at radius 2 is 2.10 bits per heavy atom. The van der Waals surface area contributed by atoms with E-state index in [1.807, 2.05) is 6.92 Å². The molecule has 1 saturated heterocycles. The van der Waals surface area contributed by atoms with E-state index in [4.69, 9.17) is 0 Å². The minimum absolute atomic E-state index is 0.146. The summed E-state index contributed by atoms with van der Waals surface area (Å²) in [6.07, 6.45) is 5.35. The van der Waals surface area contributed by atoms with E-state index in [0.717, 1.165) is 32.4 Å². The van der Waals surface area contributed by atoms with Crippen molar-refractivity contribution in [3.8, 4) is 6.07 Å². The van der Waals surface area contributed by atoms with Gasteiger partial charge in [-0.15, -0.1) is 0 Å². The van der Waals surface area contributed by atoms with Gasteiger partial charge in [-0.25, -0.2) is 0 Å². The highest BCUT2D eigenvalue weighted by Crippen LogP contribution is 2.44. The summed E-state index contributed by atoms with van der Waals surface area (Å²) in [7, 11) is 0. The first kappa shape index (κ1) is 15.8. The van der Waals surface area contributed by atoms with Crippen molar-refractivity contribution in [1.82, 2.24) is 4.90 Å². The van der Waals surface area contributed by atoms with Crippen LogP contribution in [0.2, 0.25) is 0 Å². The lowest BCUT2D eigenvalue weighted by Crippen LogP contribution is -2.46. The molecule has 0 aromatic rings. The number of likely N-dealkylation sites (tertiary alicyclic amines) is 1. The zero-order chi connectivity index (χ0) is 15.0. The zero-order valence-corrected chi connectivity index (χ0v) is 13.5. The number of rotatable bonds is 3. The van der Waals surface area contributed by atoms with E-state index in [9.17, 15) is 10.4 Å². The molecule has 1 aliphatic heterocycles. The average molecular weight is 278 g/mol. The van der Waals surface area contributed by atoms with E-state index < -0.39 is 5.60 Å². The molecule has 1 heterocycles. The molecule has 4 unspecified atom stereocenters. The number of hydrogen-bond donors (Lipinski definition) is 1. The summed E-state index contributed by atoms with van der Waals surface area (Å²) >= 11 is 0. The fraction of sp³-hybridized carbons (Fsp3) is 0.941. The van der Waals surface area contributed by atoms with Crippen LogP contribution < -0.4 is 0 Å². The highest BCUT2D eigenvalue weighted by Gasteiger charge is 2.43. The molecule has 3 heteroatoms. The van der Waals surface area contributed by atoms with Crippen molar-refractivity contribution in [3.63, 3.8) is 0 Å². The van der Waals surface area contributed by atoms with E-state index in [1.54, 1.807) is 0 Å². The molecule has 0 radical (unpaired) electrons. The van der Waals surface area contributed by atoms with Crippen molar-refractivity contribution in [2.75, 3.05) is 13.1 Å². The lowest BCUT2D eigenvalue weighted by Gasteiger charge is -2.44. The summed E-state index contributed by atoms with van der Waals surface area (Å²) in [5.74, 6) is 0.848. The molecule has 0 aromatic carbocycles. The molecule has 0 bridgehead atoms. The van der Waals surface area contributed by atoms with E-state index in [1.165, 1.54) is 12.8 Å². The summed E-state index contributed by atoms with van der Waals surface area (Å²) in [5, 5.41) is 19.7. The predicted molar refractivity (Wildman–Crippen MR) is 81.1 cm³/mol. The minimum atomic E-state index is -0.562. The molecule has 0 aromatic heterocycles. The fourth-order valence-corrected chi connectivity index (χ4v) is 3.96. The number of β-amino-alcohol motifs (C(OH)–C–C–N with tert-alkyl or cyclic N) is 1. The monoisotopic (exact) mass is 278 g/mol. The molecule has 2 aliphatic rings. The lowest BCUT2D eigenvalue weighted by molar-refractivity contribution is 0.0320. The normalized spacial score (nSPS) is 39.7. The maximum absolute atomic E-state index is 10.2. The lowest BCUT2D eigenvalue weighted by atomic mass is 9.66. The first-order valence-electron chi connectivity index (χ1n) is 8.15. The van der Waals surface area contributed by atoms with Gasteiger partial charge in [-0.2, -0.15) is 5.26 Å². The van der Waals surface area contributed by atoms with Crippen LogP contribution in [-0.4, -0.2) is 34.7 Å². The molecule has 114 valence electrons. The minimum Gasteiger partial charge on any atom is -0.389 e. The van der Waals surface area contributed by atoms with E-state index in [0.29, 0.717) is 17.4 Å². The first-order valence-corrected chi connectivity index (χ1v) is 8.15. The number of nitrogens with zero attached hydrogens (tertiary/aromatic N) is 2. The van der Waals surface area contributed by atoms with Crippen molar-refractivity contribution < 1.29 is 5.11 Å². The van der Waals surface area contributed by atoms with Gasteiger partial charge < -0.3 is 5.11 Å². The largest absolute Gasteiger partial charge is 0.389 e. The third-order valence-electron chi connectivity index (χ3n) is 5.95. The van der Waals surface area contributed by atoms with Crippen LogP contribution in [0.3, 0.4) is 0 Å². The molecule has 1 N–H and O–H groups in total. The molecule has 3 nitrogen and oxygen atoms in total. The summed E-state index contributed by atoms with van der Waals surface area (Å²) in [4.78, 5) is 2.38. The van der Waals surface area contributed by atoms with Crippen molar-refractivity contribution in [2.45, 2.75) is 71.4 Å². The van der Waals surface area contributed by atoms with Gasteiger partial charge in [0.25, 0.3) is 0 Å². The number of nitriles is 1. The first-order chi connectivity index (χ1) is 9.29. The molecule has 1 aliphatic carbocycles. The molecule has 2 rings (SSSR count). The average Bonchev–Trinajstić information content (AvgIpc) is 2.78. The maximum Gasteiger partial charge on any atom is 0.0758 e. The Bertz CT molecular complexity index is 383. The van der Waals surface area contributed by atoms with E-state index >= 15 is 0 Å². The molecule has 1 saturated carbocycles. The topological polar surface area (TPSA) is 47.3 Å². The van der Waals surface area contributed by atoms with Gasteiger partial charge in [-0.05, 0) is 43.9 Å². The Kier molecular flexibility index (Phi) is 4.47. The molecular weight excluding hydrogens is 248 g/mol. The third kappa shape index (κ3) is 3.18. The van der Waals surface area contributed by atoms with Gasteiger partial charge in [0.2, 0.25) is 0 Å². The number of aliphatic hydroxyl groups is 1. The zero-order valence-electron chi connectivity index (χ0n) is 13.5. The van der Waals surface area contributed by atoms with Crippen LogP contribution in [0.25, 0.3) is 0 Å². The molecule has 0 amide bonds. The van der Waals surface area contributed by atoms with Crippen molar-refractivity contribution in [1.29, 1.82) is 5.26 Å². The van der Waals surface area contributed by atoms with Crippen LogP contribution in [0.5, 0.6) is 0 Å². The number of hydrogen-bond acceptors (Lipinski definition) is 3. The van der Waals surface area contributed by atoms with Crippen LogP contribution in [0, 0.1) is 28.6 Å². The van der Waals surface area contributed by atoms with Crippen LogP contribution >= 0.6 is 0 Å². The van der Waals surface area contributed by atoms with Crippen LogP contribution in [0.4, 0.5) is 0 Å². The van der Waals surface area contributed by atoms with Crippen molar-refractivity contribution >= 4 is 0 Å². The second-order valence-electron chi connectivity index (χ2n) is 7.87. The smallest absolute Gasteiger partial charge is 0.0758 e. The van der Waals surface area contributed by atoms with Crippen molar-refractivity contribution in [2.24, 2.45) is 17.3 Å². The van der Waals surface area contributed by atoms with Crippen molar-refractivity contribution in [3.05, 3.63) is 0 Å². The van der Waals surface area contributed by atoms with Crippen LogP contribution in [0.15, 0.2) is 0 Å². The van der Waals surface area contributed by atoms with E-state index in [2.05, 4.69) is 31.7 Å². The Labute approximate surface area is 124 Å². The highest BCUT2D eigenvalue weighted by atomic mass is 16.3. The highest BCUT2D eigenvalue weighted by molar-refractivity contribution is 5.02. The van der Waals surface area contributed by atoms with Gasteiger partial charge in [-0.1, -0.05) is 27.2 Å². The predicted octanol–water partition coefficient (Wildman–Crippen LogP) is 3.19. The quantitative estimate of drug-likeness (QED) is 0.862. The molecule has 4 atom stereocenters. The summed E-state index contributed by atoms with van der Waals surface area (Å²) in [6, 6.07) is 2.87. The summed E-state index contributed by atoms with van der Waals surface area (Å²) < 4.78 is 0. The Morgan fingerprint density at radius 3 is 2.60 bits per heavy atom. The standard InChI is InChI=1S/C17H30N2O/c1-5-16(2,3)14-7-6-13(11-18)15(10-14)19-9-8-17(4,20)12-19/h13-15,20H,5-10,12H2,1-4H3. The summed E-state index contributed by atoms with van der Waals surface area (Å²) in [5.41, 5.74) is -0.200. The maximum atomic E-state index is 10.2. The van der Waals surface area contributed by atoms with Gasteiger partial charge in [0.1, 0.15) is 0 Å². The Morgan fingerprint density at radius 1 is 1.40 bits per heavy atom. The van der Waals surface area contributed by atoms with Gasteiger partial charge in [0.15, 0.2) is 0 Å². The van der Waals surface area contributed by atoms with E-state index in [-0.39, 0.29) is 5.92 Å². The molecule has 0 spiro atoms. The second kappa shape index (κ2) is 5.66. The third-order valence-corrected chi connectivity index (χ3v) is 5.95. The molecule has 20 heavy (non-hydrogen) atoms. The Balaban J connectivity index is 2.10. The van der Waals surface area contributed by atoms with Gasteiger partial charge in [0, 0.05) is 19.1 Å². The molecule has 2 fully saturated rings. The van der Waals surface area contributed by atoms with Crippen LogP contribution in [-0.2, 0) is 0 Å². The SMILES string of the molecule is CCC(C)(C)C1CCC(C#N)C(N2CCC(C)(O)C2)C1. The Hall–Kier alpha value is -0.590. The summed E-state index contributed by atoms with van der Waals surface area (Å²) in [6.45, 7) is 10.6. The van der Waals surface area contributed by atoms with Crippen LogP contribution in [0.1, 0.15) is 59.8 Å².